The summed E-state index contributed by atoms with van der Waals surface area (Å²) in [5.74, 6) is 0.984. The van der Waals surface area contributed by atoms with Crippen LogP contribution >= 0.6 is 0 Å². The van der Waals surface area contributed by atoms with E-state index in [9.17, 15) is 0 Å². The predicted octanol–water partition coefficient (Wildman–Crippen LogP) is 2.03. The van der Waals surface area contributed by atoms with Crippen LogP contribution in [-0.4, -0.2) is 37.6 Å². The summed E-state index contributed by atoms with van der Waals surface area (Å²) in [5.41, 5.74) is 1.56. The summed E-state index contributed by atoms with van der Waals surface area (Å²) >= 11 is 0. The lowest BCUT2D eigenvalue weighted by molar-refractivity contribution is 0.245. The van der Waals surface area contributed by atoms with Gasteiger partial charge in [-0.1, -0.05) is 11.6 Å². The Hall–Kier alpha value is -0.340. The average Bonchev–Trinajstić information content (AvgIpc) is 2.28. The molecule has 0 atom stereocenters. The van der Waals surface area contributed by atoms with Crippen molar-refractivity contribution in [2.24, 2.45) is 5.92 Å². The fourth-order valence-corrected chi connectivity index (χ4v) is 2.72. The highest BCUT2D eigenvalue weighted by atomic mass is 15.1. The topological polar surface area (TPSA) is 15.3 Å². The Bertz CT molecular complexity index is 217. The molecule has 0 saturated carbocycles. The van der Waals surface area contributed by atoms with E-state index in [-0.39, 0.29) is 0 Å². The van der Waals surface area contributed by atoms with Crippen molar-refractivity contribution < 1.29 is 0 Å². The number of piperidine rings is 1. The molecule has 2 heteroatoms. The first kappa shape index (κ1) is 11.2. The number of hydrogen-bond acceptors (Lipinski definition) is 2. The third kappa shape index (κ3) is 3.62. The number of hydrogen-bond donors (Lipinski definition) is 1. The second kappa shape index (κ2) is 5.66. The van der Waals surface area contributed by atoms with E-state index in [0.29, 0.717) is 0 Å². The second-order valence-corrected chi connectivity index (χ2v) is 5.10. The monoisotopic (exact) mass is 208 g/mol. The van der Waals surface area contributed by atoms with Crippen LogP contribution in [0.2, 0.25) is 0 Å². The standard InChI is InChI=1S/C13H24N2/c1-12-3-2-9-15(11-12)10-6-13-4-7-14-8-5-13/h3,13-14H,2,4-11H2,1H3. The van der Waals surface area contributed by atoms with Gasteiger partial charge in [0.25, 0.3) is 0 Å². The molecular formula is C13H24N2. The largest absolute Gasteiger partial charge is 0.317 e. The van der Waals surface area contributed by atoms with Crippen molar-refractivity contribution in [1.29, 1.82) is 0 Å². The highest BCUT2D eigenvalue weighted by Gasteiger charge is 2.15. The molecule has 0 bridgehead atoms. The molecule has 0 aromatic heterocycles. The molecule has 0 aliphatic carbocycles. The molecular weight excluding hydrogens is 184 g/mol. The smallest absolute Gasteiger partial charge is 0.0190 e. The van der Waals surface area contributed by atoms with Crippen molar-refractivity contribution in [3.8, 4) is 0 Å². The van der Waals surface area contributed by atoms with E-state index in [1.54, 1.807) is 5.57 Å². The minimum atomic E-state index is 0.984. The van der Waals surface area contributed by atoms with Crippen LogP contribution in [0, 0.1) is 5.92 Å². The van der Waals surface area contributed by atoms with Crippen LogP contribution in [0.3, 0.4) is 0 Å². The zero-order valence-corrected chi connectivity index (χ0v) is 9.97. The van der Waals surface area contributed by atoms with Gasteiger partial charge in [0.1, 0.15) is 0 Å². The Labute approximate surface area is 93.7 Å². The first-order valence-corrected chi connectivity index (χ1v) is 6.43. The van der Waals surface area contributed by atoms with Gasteiger partial charge in [0, 0.05) is 13.1 Å². The maximum Gasteiger partial charge on any atom is 0.0190 e. The van der Waals surface area contributed by atoms with E-state index in [0.717, 1.165) is 5.92 Å². The molecule has 2 rings (SSSR count). The van der Waals surface area contributed by atoms with Crippen LogP contribution in [0.1, 0.15) is 32.6 Å². The lowest BCUT2D eigenvalue weighted by Gasteiger charge is -2.29. The van der Waals surface area contributed by atoms with Crippen LogP contribution < -0.4 is 5.32 Å². The third-order valence-electron chi connectivity index (χ3n) is 3.72. The van der Waals surface area contributed by atoms with Gasteiger partial charge in [-0.25, -0.2) is 0 Å². The van der Waals surface area contributed by atoms with Crippen molar-refractivity contribution in [3.63, 3.8) is 0 Å². The third-order valence-corrected chi connectivity index (χ3v) is 3.72. The average molecular weight is 208 g/mol. The van der Waals surface area contributed by atoms with E-state index in [2.05, 4.69) is 23.2 Å². The summed E-state index contributed by atoms with van der Waals surface area (Å²) in [4.78, 5) is 2.62. The molecule has 0 aromatic rings. The quantitative estimate of drug-likeness (QED) is 0.714. The molecule has 2 nitrogen and oxygen atoms in total. The van der Waals surface area contributed by atoms with Gasteiger partial charge in [-0.05, 0) is 58.2 Å². The van der Waals surface area contributed by atoms with E-state index in [4.69, 9.17) is 0 Å². The van der Waals surface area contributed by atoms with Crippen LogP contribution in [0.15, 0.2) is 11.6 Å². The zero-order valence-electron chi connectivity index (χ0n) is 9.97. The molecule has 2 aliphatic rings. The Balaban J connectivity index is 1.66. The molecule has 0 unspecified atom stereocenters. The summed E-state index contributed by atoms with van der Waals surface area (Å²) in [6.45, 7) is 8.55. The second-order valence-electron chi connectivity index (χ2n) is 5.10. The Morgan fingerprint density at radius 1 is 1.40 bits per heavy atom. The van der Waals surface area contributed by atoms with Crippen molar-refractivity contribution in [1.82, 2.24) is 10.2 Å². The summed E-state index contributed by atoms with van der Waals surface area (Å²) in [5, 5.41) is 3.44. The van der Waals surface area contributed by atoms with E-state index >= 15 is 0 Å². The molecule has 2 aliphatic heterocycles. The van der Waals surface area contributed by atoms with E-state index < -0.39 is 0 Å². The predicted molar refractivity (Wildman–Crippen MR) is 65.0 cm³/mol. The minimum absolute atomic E-state index is 0.984. The van der Waals surface area contributed by atoms with Crippen LogP contribution in [-0.2, 0) is 0 Å². The first-order chi connectivity index (χ1) is 7.34. The first-order valence-electron chi connectivity index (χ1n) is 6.43. The van der Waals surface area contributed by atoms with Gasteiger partial charge in [-0.15, -0.1) is 0 Å². The maximum atomic E-state index is 3.44. The molecule has 1 N–H and O–H groups in total. The van der Waals surface area contributed by atoms with Gasteiger partial charge in [0.05, 0.1) is 0 Å². The van der Waals surface area contributed by atoms with Gasteiger partial charge in [0.2, 0.25) is 0 Å². The summed E-state index contributed by atoms with van der Waals surface area (Å²) in [7, 11) is 0. The fraction of sp³-hybridized carbons (Fsp3) is 0.846. The molecule has 1 saturated heterocycles. The van der Waals surface area contributed by atoms with Crippen LogP contribution in [0.5, 0.6) is 0 Å². The van der Waals surface area contributed by atoms with Gasteiger partial charge in [0.15, 0.2) is 0 Å². The van der Waals surface area contributed by atoms with Crippen molar-refractivity contribution in [3.05, 3.63) is 11.6 Å². The Kier molecular flexibility index (Phi) is 4.21. The normalized spacial score (nSPS) is 25.3. The van der Waals surface area contributed by atoms with Gasteiger partial charge < -0.3 is 5.32 Å². The van der Waals surface area contributed by atoms with Crippen LogP contribution in [0.25, 0.3) is 0 Å². The highest BCUT2D eigenvalue weighted by molar-refractivity contribution is 5.04. The SMILES string of the molecule is CC1=CCCN(CCC2CCNCC2)C1. The molecule has 1 fully saturated rings. The lowest BCUT2D eigenvalue weighted by Crippen LogP contribution is -2.33. The minimum Gasteiger partial charge on any atom is -0.317 e. The van der Waals surface area contributed by atoms with Crippen molar-refractivity contribution in [2.45, 2.75) is 32.6 Å². The molecule has 0 radical (unpaired) electrons. The number of nitrogens with zero attached hydrogens (tertiary/aromatic N) is 1. The highest BCUT2D eigenvalue weighted by Crippen LogP contribution is 2.17. The van der Waals surface area contributed by atoms with Crippen molar-refractivity contribution >= 4 is 0 Å². The summed E-state index contributed by atoms with van der Waals surface area (Å²) < 4.78 is 0. The molecule has 15 heavy (non-hydrogen) atoms. The van der Waals surface area contributed by atoms with Gasteiger partial charge in [-0.2, -0.15) is 0 Å². The van der Waals surface area contributed by atoms with Gasteiger partial charge >= 0.3 is 0 Å². The van der Waals surface area contributed by atoms with Gasteiger partial charge in [-0.3, -0.25) is 4.90 Å². The summed E-state index contributed by atoms with van der Waals surface area (Å²) in [6, 6.07) is 0. The van der Waals surface area contributed by atoms with E-state index in [1.165, 1.54) is 58.4 Å². The lowest BCUT2D eigenvalue weighted by atomic mass is 9.94. The maximum absolute atomic E-state index is 3.44. The number of rotatable bonds is 3. The molecule has 0 aromatic carbocycles. The fourth-order valence-electron chi connectivity index (χ4n) is 2.72. The molecule has 0 amide bonds. The van der Waals surface area contributed by atoms with Crippen molar-refractivity contribution in [2.75, 3.05) is 32.7 Å². The van der Waals surface area contributed by atoms with Crippen LogP contribution in [0.4, 0.5) is 0 Å². The molecule has 0 spiro atoms. The number of nitrogens with one attached hydrogen (secondary N) is 1. The Morgan fingerprint density at radius 2 is 2.20 bits per heavy atom. The summed E-state index contributed by atoms with van der Waals surface area (Å²) in [6.07, 6.45) is 7.85. The molecule has 2 heterocycles. The Morgan fingerprint density at radius 3 is 2.93 bits per heavy atom. The van der Waals surface area contributed by atoms with E-state index in [1.807, 2.05) is 0 Å². The molecule has 86 valence electrons. The zero-order chi connectivity index (χ0) is 10.5.